The fourth-order valence-corrected chi connectivity index (χ4v) is 3.05. The molecule has 0 spiro atoms. The van der Waals surface area contributed by atoms with Crippen LogP contribution in [0.3, 0.4) is 0 Å². The Bertz CT molecular complexity index is 548. The molecule has 7 heteroatoms. The van der Waals surface area contributed by atoms with Crippen LogP contribution in [0.2, 0.25) is 0 Å². The highest BCUT2D eigenvalue weighted by Crippen LogP contribution is 2.21. The summed E-state index contributed by atoms with van der Waals surface area (Å²) in [6.45, 7) is 4.51. The molecule has 2 N–H and O–H groups in total. The molecule has 142 valence electrons. The molecule has 0 heterocycles. The van der Waals surface area contributed by atoms with Gasteiger partial charge in [-0.25, -0.2) is 13.8 Å². The van der Waals surface area contributed by atoms with E-state index >= 15 is 0 Å². The second-order valence-electron chi connectivity index (χ2n) is 6.28. The van der Waals surface area contributed by atoms with Crippen LogP contribution in [0.1, 0.15) is 38.2 Å². The summed E-state index contributed by atoms with van der Waals surface area (Å²) >= 11 is 0. The normalized spacial score (nSPS) is 15.3. The van der Waals surface area contributed by atoms with Crippen molar-refractivity contribution in [3.05, 3.63) is 35.4 Å². The standard InChI is InChI=1S/C18H28F2N4.HI/c1-3-21-18(22-10-11-24(2)16-6-4-5-7-16)23-13-14-12-15(19)8-9-17(14)20;/h8-9,12,16H,3-7,10-11,13H2,1-2H3,(H2,21,22,23);1H. The van der Waals surface area contributed by atoms with Crippen LogP contribution in [0, 0.1) is 11.6 Å². The lowest BCUT2D eigenvalue weighted by atomic mass is 10.2. The fourth-order valence-electron chi connectivity index (χ4n) is 3.05. The van der Waals surface area contributed by atoms with Crippen molar-refractivity contribution in [2.45, 2.75) is 45.2 Å². The molecule has 1 aromatic carbocycles. The third-order valence-electron chi connectivity index (χ3n) is 4.46. The van der Waals surface area contributed by atoms with Gasteiger partial charge in [-0.3, -0.25) is 0 Å². The van der Waals surface area contributed by atoms with Gasteiger partial charge in [0.2, 0.25) is 0 Å². The molecule has 0 radical (unpaired) electrons. The molecule has 4 nitrogen and oxygen atoms in total. The number of halogens is 3. The fraction of sp³-hybridized carbons (Fsp3) is 0.611. The Labute approximate surface area is 166 Å². The van der Waals surface area contributed by atoms with E-state index in [1.807, 2.05) is 6.92 Å². The van der Waals surface area contributed by atoms with Crippen LogP contribution in [0.4, 0.5) is 8.78 Å². The Morgan fingerprint density at radius 3 is 2.64 bits per heavy atom. The molecular formula is C18H29F2IN4. The number of hydrogen-bond donors (Lipinski definition) is 2. The quantitative estimate of drug-likeness (QED) is 0.367. The first-order valence-electron chi connectivity index (χ1n) is 8.76. The zero-order chi connectivity index (χ0) is 17.4. The summed E-state index contributed by atoms with van der Waals surface area (Å²) in [5, 5.41) is 6.39. The van der Waals surface area contributed by atoms with Crippen molar-refractivity contribution >= 4 is 29.9 Å². The topological polar surface area (TPSA) is 39.7 Å². The first-order chi connectivity index (χ1) is 11.6. The Balaban J connectivity index is 0.00000312. The largest absolute Gasteiger partial charge is 0.357 e. The second kappa shape index (κ2) is 11.6. The summed E-state index contributed by atoms with van der Waals surface area (Å²) in [5.41, 5.74) is 0.260. The molecule has 25 heavy (non-hydrogen) atoms. The molecule has 2 rings (SSSR count). The average molecular weight is 466 g/mol. The van der Waals surface area contributed by atoms with Gasteiger partial charge >= 0.3 is 0 Å². The van der Waals surface area contributed by atoms with Gasteiger partial charge in [-0.2, -0.15) is 0 Å². The third kappa shape index (κ3) is 7.43. The molecule has 0 bridgehead atoms. The Kier molecular flexibility index (Phi) is 10.3. The summed E-state index contributed by atoms with van der Waals surface area (Å²) in [5.74, 6) is -0.254. The van der Waals surface area contributed by atoms with Gasteiger partial charge in [-0.1, -0.05) is 12.8 Å². The number of likely N-dealkylation sites (N-methyl/N-ethyl adjacent to an activating group) is 1. The third-order valence-corrected chi connectivity index (χ3v) is 4.46. The Morgan fingerprint density at radius 1 is 1.24 bits per heavy atom. The highest BCUT2D eigenvalue weighted by Gasteiger charge is 2.18. The predicted molar refractivity (Wildman–Crippen MR) is 109 cm³/mol. The zero-order valence-electron chi connectivity index (χ0n) is 15.0. The van der Waals surface area contributed by atoms with E-state index < -0.39 is 11.6 Å². The second-order valence-corrected chi connectivity index (χ2v) is 6.28. The number of guanidine groups is 1. The summed E-state index contributed by atoms with van der Waals surface area (Å²) in [4.78, 5) is 6.73. The van der Waals surface area contributed by atoms with E-state index in [1.54, 1.807) is 0 Å². The highest BCUT2D eigenvalue weighted by molar-refractivity contribution is 14.0. The van der Waals surface area contributed by atoms with Crippen LogP contribution in [0.5, 0.6) is 0 Å². The van der Waals surface area contributed by atoms with Crippen LogP contribution in [-0.4, -0.2) is 43.6 Å². The van der Waals surface area contributed by atoms with E-state index in [-0.39, 0.29) is 36.1 Å². The molecule has 1 aliphatic carbocycles. The minimum atomic E-state index is -0.447. The van der Waals surface area contributed by atoms with Gasteiger partial charge in [-0.05, 0) is 45.0 Å². The number of aliphatic imine (C=N–C) groups is 1. The van der Waals surface area contributed by atoms with Crippen molar-refractivity contribution in [3.63, 3.8) is 0 Å². The number of nitrogens with zero attached hydrogens (tertiary/aromatic N) is 2. The van der Waals surface area contributed by atoms with E-state index in [0.717, 1.165) is 31.8 Å². The van der Waals surface area contributed by atoms with Gasteiger partial charge in [0.15, 0.2) is 5.96 Å². The van der Waals surface area contributed by atoms with E-state index in [9.17, 15) is 8.78 Å². The molecule has 0 unspecified atom stereocenters. The molecule has 0 atom stereocenters. The number of nitrogens with one attached hydrogen (secondary N) is 2. The number of hydrogen-bond acceptors (Lipinski definition) is 2. The molecule has 0 amide bonds. The van der Waals surface area contributed by atoms with Crippen molar-refractivity contribution in [2.24, 2.45) is 4.99 Å². The van der Waals surface area contributed by atoms with E-state index in [0.29, 0.717) is 12.0 Å². The Hall–Kier alpha value is -0.960. The molecule has 1 saturated carbocycles. The lowest BCUT2D eigenvalue weighted by Crippen LogP contribution is -2.42. The molecular weight excluding hydrogens is 437 g/mol. The van der Waals surface area contributed by atoms with Gasteiger partial charge < -0.3 is 15.5 Å². The lowest BCUT2D eigenvalue weighted by molar-refractivity contribution is 0.249. The Morgan fingerprint density at radius 2 is 1.96 bits per heavy atom. The predicted octanol–water partition coefficient (Wildman–Crippen LogP) is 3.51. The molecule has 0 saturated heterocycles. The summed E-state index contributed by atoms with van der Waals surface area (Å²) in [7, 11) is 2.16. The first-order valence-corrected chi connectivity index (χ1v) is 8.76. The maximum Gasteiger partial charge on any atom is 0.191 e. The lowest BCUT2D eigenvalue weighted by Gasteiger charge is -2.24. The van der Waals surface area contributed by atoms with E-state index in [4.69, 9.17) is 0 Å². The molecule has 0 aliphatic heterocycles. The SMILES string of the molecule is CCNC(=NCc1cc(F)ccc1F)NCCN(C)C1CCCC1.I. The maximum absolute atomic E-state index is 13.7. The monoisotopic (exact) mass is 466 g/mol. The van der Waals surface area contributed by atoms with Crippen molar-refractivity contribution in [3.8, 4) is 0 Å². The van der Waals surface area contributed by atoms with E-state index in [1.165, 1.54) is 31.7 Å². The summed E-state index contributed by atoms with van der Waals surface area (Å²) in [6, 6.07) is 4.13. The van der Waals surface area contributed by atoms with Gasteiger partial charge in [0.05, 0.1) is 6.54 Å². The highest BCUT2D eigenvalue weighted by atomic mass is 127. The van der Waals surface area contributed by atoms with Crippen molar-refractivity contribution in [2.75, 3.05) is 26.7 Å². The van der Waals surface area contributed by atoms with Gasteiger partial charge in [0, 0.05) is 31.2 Å². The van der Waals surface area contributed by atoms with Crippen LogP contribution in [0.25, 0.3) is 0 Å². The van der Waals surface area contributed by atoms with Gasteiger partial charge in [0.1, 0.15) is 11.6 Å². The van der Waals surface area contributed by atoms with Crippen molar-refractivity contribution < 1.29 is 8.78 Å². The van der Waals surface area contributed by atoms with Crippen LogP contribution >= 0.6 is 24.0 Å². The van der Waals surface area contributed by atoms with Crippen LogP contribution in [-0.2, 0) is 6.54 Å². The van der Waals surface area contributed by atoms with Crippen LogP contribution < -0.4 is 10.6 Å². The van der Waals surface area contributed by atoms with Crippen molar-refractivity contribution in [1.82, 2.24) is 15.5 Å². The van der Waals surface area contributed by atoms with Gasteiger partial charge in [0.25, 0.3) is 0 Å². The summed E-state index contributed by atoms with van der Waals surface area (Å²) in [6.07, 6.45) is 5.21. The minimum Gasteiger partial charge on any atom is -0.357 e. The zero-order valence-corrected chi connectivity index (χ0v) is 17.4. The number of benzene rings is 1. The maximum atomic E-state index is 13.7. The summed E-state index contributed by atoms with van der Waals surface area (Å²) < 4.78 is 26.9. The molecule has 1 aromatic rings. The number of rotatable bonds is 7. The smallest absolute Gasteiger partial charge is 0.191 e. The van der Waals surface area contributed by atoms with Gasteiger partial charge in [-0.15, -0.1) is 24.0 Å². The first kappa shape index (κ1) is 22.1. The molecule has 0 aromatic heterocycles. The van der Waals surface area contributed by atoms with Crippen LogP contribution in [0.15, 0.2) is 23.2 Å². The van der Waals surface area contributed by atoms with Crippen molar-refractivity contribution in [1.29, 1.82) is 0 Å². The van der Waals surface area contributed by atoms with E-state index in [2.05, 4.69) is 27.6 Å². The minimum absolute atomic E-state index is 0. The average Bonchev–Trinajstić information content (AvgIpc) is 3.10. The molecule has 1 fully saturated rings. The molecule has 1 aliphatic rings.